The number of ether oxygens (including phenoxy) is 2. The van der Waals surface area contributed by atoms with Gasteiger partial charge in [0.05, 0.1) is 42.6 Å². The van der Waals surface area contributed by atoms with Crippen LogP contribution < -0.4 is 25.4 Å². The second-order valence-corrected chi connectivity index (χ2v) is 16.0. The van der Waals surface area contributed by atoms with Gasteiger partial charge >= 0.3 is 112 Å². The Kier molecular flexibility index (Phi) is 17.8. The number of carbonyl (C=O) groups is 3. The summed E-state index contributed by atoms with van der Waals surface area (Å²) in [5, 5.41) is 48.6. The number of nitrogens with one attached hydrogen (secondary N) is 3. The summed E-state index contributed by atoms with van der Waals surface area (Å²) in [6.45, 7) is 0. The van der Waals surface area contributed by atoms with Crippen LogP contribution in [-0.4, -0.2) is 77.0 Å². The number of esters is 2. The summed E-state index contributed by atoms with van der Waals surface area (Å²) in [5.74, 6) is -1.96. The van der Waals surface area contributed by atoms with Crippen LogP contribution in [0.1, 0.15) is 38.3 Å². The van der Waals surface area contributed by atoms with Crippen molar-refractivity contribution in [2.45, 2.75) is 6.42 Å². The zero-order valence-corrected chi connectivity index (χ0v) is 38.6. The monoisotopic (exact) mass is 1180 g/mol. The molecule has 16 nitrogen and oxygen atoms in total. The second kappa shape index (κ2) is 22.2. The topological polar surface area (TPSA) is 285 Å². The van der Waals surface area contributed by atoms with E-state index in [9.17, 15) is 34.2 Å². The van der Waals surface area contributed by atoms with E-state index >= 15 is 0 Å². The summed E-state index contributed by atoms with van der Waals surface area (Å²) in [7, 11) is 2.58. The van der Waals surface area contributed by atoms with E-state index in [2.05, 4.69) is 72.5 Å². The van der Waals surface area contributed by atoms with Gasteiger partial charge < -0.3 is 30.6 Å². The molecule has 0 spiro atoms. The summed E-state index contributed by atoms with van der Waals surface area (Å²) in [6.07, 6.45) is -0.267. The Bertz CT molecular complexity index is 2730. The first-order valence-electron chi connectivity index (χ1n) is 16.1. The first kappa shape index (κ1) is 47.3. The Labute approximate surface area is 374 Å². The number of fused-ring (bicyclic) bond motifs is 2. The van der Waals surface area contributed by atoms with Crippen LogP contribution in [0.15, 0.2) is 95.8 Å². The molecule has 2 heterocycles. The average Bonchev–Trinajstić information content (AvgIpc) is 3.20. The van der Waals surface area contributed by atoms with Crippen LogP contribution in [0, 0.1) is 34.0 Å². The van der Waals surface area contributed by atoms with Gasteiger partial charge in [0.15, 0.2) is 5.56 Å². The molecule has 7 N–H and O–H groups in total. The SMILES string of the molecule is COC(=O)c1cc(Br)ccc1N.COC(=O)c1cc(Br)ccc1NC(=O)CC#N.N#Cc1c(O)c2c[c]([Bi])ccc2[nH]c1=O.N#Cc1c(O)c2cc(Br)ccc2[nH]c1=O. The Balaban J connectivity index is 0.000000212. The number of methoxy groups -OCH3 is 2. The number of nitriles is 3. The number of H-pyrrole nitrogens is 2. The zero-order valence-electron chi connectivity index (χ0n) is 30.4. The van der Waals surface area contributed by atoms with Gasteiger partial charge in [-0.05, 0) is 54.6 Å². The minimum Gasteiger partial charge on any atom is -0.506 e. The van der Waals surface area contributed by atoms with Crippen molar-refractivity contribution in [3.63, 3.8) is 0 Å². The summed E-state index contributed by atoms with van der Waals surface area (Å²) in [4.78, 5) is 61.5. The molecular formula is C39H27BiBr3N7O9. The van der Waals surface area contributed by atoms with Gasteiger partial charge in [0.25, 0.3) is 5.56 Å². The molecule has 298 valence electrons. The third-order valence-corrected chi connectivity index (χ3v) is 10.0. The van der Waals surface area contributed by atoms with E-state index in [-0.39, 0.29) is 34.6 Å². The second-order valence-electron chi connectivity index (χ2n) is 11.3. The van der Waals surface area contributed by atoms with Gasteiger partial charge in [-0.3, -0.25) is 9.59 Å². The maximum atomic E-state index is 11.5. The number of nitrogens with two attached hydrogens (primary N) is 1. The Morgan fingerprint density at radius 2 is 1.19 bits per heavy atom. The molecule has 0 unspecified atom stereocenters. The molecule has 0 saturated heterocycles. The molecule has 59 heavy (non-hydrogen) atoms. The van der Waals surface area contributed by atoms with Crippen LogP contribution in [0.2, 0.25) is 0 Å². The first-order chi connectivity index (χ1) is 28.0. The molecule has 2 aromatic heterocycles. The van der Waals surface area contributed by atoms with Gasteiger partial charge in [-0.25, -0.2) is 9.59 Å². The zero-order chi connectivity index (χ0) is 44.0. The number of benzene rings is 4. The smallest absolute Gasteiger partial charge is 0.270 e. The van der Waals surface area contributed by atoms with Crippen molar-refractivity contribution in [1.29, 1.82) is 15.8 Å². The molecule has 6 rings (SSSR count). The third-order valence-electron chi connectivity index (χ3n) is 7.46. The molecule has 1 amide bonds. The van der Waals surface area contributed by atoms with E-state index in [4.69, 9.17) is 21.5 Å². The number of amides is 1. The van der Waals surface area contributed by atoms with E-state index in [1.807, 2.05) is 6.07 Å². The van der Waals surface area contributed by atoms with Crippen molar-refractivity contribution in [2.75, 3.05) is 25.3 Å². The number of nitrogen functional groups attached to an aromatic ring is 1. The van der Waals surface area contributed by atoms with Crippen LogP contribution in [0.3, 0.4) is 0 Å². The van der Waals surface area contributed by atoms with Crippen LogP contribution in [0.5, 0.6) is 11.5 Å². The van der Waals surface area contributed by atoms with Crippen molar-refractivity contribution in [1.82, 2.24) is 9.97 Å². The predicted molar refractivity (Wildman–Crippen MR) is 229 cm³/mol. The molecule has 0 aliphatic rings. The summed E-state index contributed by atoms with van der Waals surface area (Å²) >= 11 is 10.8. The number of aromatic hydroxyl groups is 2. The van der Waals surface area contributed by atoms with Crippen molar-refractivity contribution in [2.24, 2.45) is 0 Å². The summed E-state index contributed by atoms with van der Waals surface area (Å²) < 4.78 is 12.5. The molecule has 20 heteroatoms. The number of pyridine rings is 2. The van der Waals surface area contributed by atoms with Crippen LogP contribution >= 0.6 is 47.8 Å². The standard InChI is InChI=1S/C11H9BrN2O3.C10H5BrN2O2.C10H5N2O2.C8H8BrNO2.Bi/c1-17-11(16)8-6-7(12)2-3-9(8)14-10(15)4-5-13;11-5-1-2-8-6(3-5)9(14)7(4-12)10(15)13-8;11-5-7-9(13)6-3-1-2-4-8(6)12-10(7)14;1-12-8(11)6-4-5(9)2-3-7(6)10;/h2-3,6H,4H2,1H3,(H,14,15);1-3H,(H2,13,14,15);2-4H,(H2,12,13,14);2-4H,10H2,1H3;. The normalized spacial score (nSPS) is 9.75. The minimum atomic E-state index is -0.579. The van der Waals surface area contributed by atoms with E-state index in [0.717, 1.165) is 36.9 Å². The quantitative estimate of drug-likeness (QED) is 0.0706. The number of halogens is 3. The number of nitrogens with zero attached hydrogens (tertiary/aromatic N) is 3. The molecule has 2 radical (unpaired) electrons. The van der Waals surface area contributed by atoms with Crippen molar-refractivity contribution < 1.29 is 34.1 Å². The number of hydrogen-bond donors (Lipinski definition) is 6. The minimum absolute atomic E-state index is 0.230. The molecular weight excluding hydrogens is 1160 g/mol. The summed E-state index contributed by atoms with van der Waals surface area (Å²) in [5.41, 5.74) is 6.32. The molecule has 4 aromatic carbocycles. The first-order valence-corrected chi connectivity index (χ1v) is 20.2. The third kappa shape index (κ3) is 12.7. The van der Waals surface area contributed by atoms with Crippen molar-refractivity contribution >= 4 is 127 Å². The Hall–Kier alpha value is -6.10. The Morgan fingerprint density at radius 3 is 1.71 bits per heavy atom. The van der Waals surface area contributed by atoms with Crippen LogP contribution in [-0.2, 0) is 14.3 Å². The van der Waals surface area contributed by atoms with Crippen molar-refractivity contribution in [3.05, 3.63) is 129 Å². The van der Waals surface area contributed by atoms with Gasteiger partial charge in [0.1, 0.15) is 18.2 Å². The number of anilines is 2. The molecule has 0 atom stereocenters. The fourth-order valence-corrected chi connectivity index (χ4v) is 6.58. The van der Waals surface area contributed by atoms with E-state index in [0.29, 0.717) is 43.2 Å². The molecule has 0 bridgehead atoms. The fraction of sp³-hybridized carbons (Fsp3) is 0.0769. The maximum Gasteiger partial charge on any atom is 0.270 e. The van der Waals surface area contributed by atoms with Gasteiger partial charge in [-0.2, -0.15) is 10.5 Å². The molecule has 0 fully saturated rings. The number of hydrogen-bond acceptors (Lipinski definition) is 13. The van der Waals surface area contributed by atoms with Gasteiger partial charge in [-0.15, -0.1) is 0 Å². The largest absolute Gasteiger partial charge is 0.506 e. The number of aromatic amines is 2. The number of rotatable bonds is 4. The van der Waals surface area contributed by atoms with Crippen molar-refractivity contribution in [3.8, 4) is 29.7 Å². The van der Waals surface area contributed by atoms with Gasteiger partial charge in [0.2, 0.25) is 5.91 Å². The Morgan fingerprint density at radius 1 is 0.729 bits per heavy atom. The van der Waals surface area contributed by atoms with Crippen LogP contribution in [0.25, 0.3) is 21.8 Å². The van der Waals surface area contributed by atoms with E-state index < -0.39 is 29.0 Å². The molecule has 6 aromatic rings. The number of aromatic nitrogens is 2. The predicted octanol–water partition coefficient (Wildman–Crippen LogP) is 5.67. The fourth-order valence-electron chi connectivity index (χ4n) is 4.71. The number of carbonyl (C=O) groups excluding carboxylic acids is 3. The average molecular weight is 1190 g/mol. The van der Waals surface area contributed by atoms with Gasteiger partial charge in [0, 0.05) is 24.5 Å². The van der Waals surface area contributed by atoms with Crippen LogP contribution in [0.4, 0.5) is 11.4 Å². The molecule has 0 saturated carbocycles. The van der Waals surface area contributed by atoms with Gasteiger partial charge in [-0.1, -0.05) is 47.8 Å². The van der Waals surface area contributed by atoms with E-state index in [1.165, 1.54) is 20.3 Å². The maximum absolute atomic E-state index is 11.5. The van der Waals surface area contributed by atoms with E-state index in [1.54, 1.807) is 78.9 Å². The molecule has 0 aliphatic carbocycles. The summed E-state index contributed by atoms with van der Waals surface area (Å²) in [6, 6.07) is 25.3. The molecule has 0 aliphatic heterocycles.